The number of aromatic hydroxyl groups is 2. The standard InChI is InChI=1S/C15H13NO5/c1-8-2-3-9(15(20)21)6-12(8)16-14(19)11-7-10(17)4-5-13(11)18/h2-7,17-18H,1H3,(H,16,19)(H,20,21). The number of nitrogens with one attached hydrogen (secondary N) is 1. The van der Waals surface area contributed by atoms with Gasteiger partial charge >= 0.3 is 5.97 Å². The quantitative estimate of drug-likeness (QED) is 0.648. The Morgan fingerprint density at radius 2 is 1.76 bits per heavy atom. The SMILES string of the molecule is Cc1ccc(C(=O)O)cc1NC(=O)c1cc(O)ccc1O. The fraction of sp³-hybridized carbons (Fsp3) is 0.0667. The van der Waals surface area contributed by atoms with Gasteiger partial charge in [-0.1, -0.05) is 6.07 Å². The smallest absolute Gasteiger partial charge is 0.335 e. The molecule has 0 aliphatic rings. The highest BCUT2D eigenvalue weighted by Crippen LogP contribution is 2.24. The number of aromatic carboxylic acids is 1. The molecule has 0 saturated carbocycles. The second-order valence-electron chi connectivity index (χ2n) is 4.49. The maximum Gasteiger partial charge on any atom is 0.335 e. The molecule has 0 aromatic heterocycles. The van der Waals surface area contributed by atoms with Crippen molar-refractivity contribution in [2.75, 3.05) is 5.32 Å². The number of carboxylic acids is 1. The highest BCUT2D eigenvalue weighted by Gasteiger charge is 2.14. The Labute approximate surface area is 120 Å². The summed E-state index contributed by atoms with van der Waals surface area (Å²) >= 11 is 0. The van der Waals surface area contributed by atoms with Crippen LogP contribution in [0.2, 0.25) is 0 Å². The Bertz CT molecular complexity index is 724. The molecule has 2 rings (SSSR count). The van der Waals surface area contributed by atoms with Crippen LogP contribution < -0.4 is 5.32 Å². The molecule has 0 radical (unpaired) electrons. The van der Waals surface area contributed by atoms with E-state index in [0.29, 0.717) is 11.3 Å². The molecule has 6 heteroatoms. The average molecular weight is 287 g/mol. The van der Waals surface area contributed by atoms with Crippen molar-refractivity contribution < 1.29 is 24.9 Å². The molecule has 1 amide bonds. The summed E-state index contributed by atoms with van der Waals surface area (Å²) in [5, 5.41) is 30.4. The highest BCUT2D eigenvalue weighted by atomic mass is 16.4. The number of aryl methyl sites for hydroxylation is 1. The first-order valence-electron chi connectivity index (χ1n) is 6.06. The molecule has 2 aromatic carbocycles. The van der Waals surface area contributed by atoms with Crippen LogP contribution in [-0.2, 0) is 0 Å². The van der Waals surface area contributed by atoms with Gasteiger partial charge in [-0.05, 0) is 42.8 Å². The fourth-order valence-corrected chi connectivity index (χ4v) is 1.79. The van der Waals surface area contributed by atoms with Gasteiger partial charge < -0.3 is 20.6 Å². The maximum atomic E-state index is 12.1. The number of phenolic OH excluding ortho intramolecular Hbond substituents is 2. The normalized spacial score (nSPS) is 10.1. The average Bonchev–Trinajstić information content (AvgIpc) is 2.43. The molecule has 0 bridgehead atoms. The van der Waals surface area contributed by atoms with Crippen molar-refractivity contribution >= 4 is 17.6 Å². The second kappa shape index (κ2) is 5.54. The number of hydrogen-bond acceptors (Lipinski definition) is 4. The van der Waals surface area contributed by atoms with E-state index in [1.165, 1.54) is 24.3 Å². The summed E-state index contributed by atoms with van der Waals surface area (Å²) in [6.07, 6.45) is 0. The molecule has 0 aliphatic heterocycles. The zero-order chi connectivity index (χ0) is 15.6. The van der Waals surface area contributed by atoms with Crippen LogP contribution >= 0.6 is 0 Å². The van der Waals surface area contributed by atoms with Crippen molar-refractivity contribution in [3.63, 3.8) is 0 Å². The third kappa shape index (κ3) is 3.11. The summed E-state index contributed by atoms with van der Waals surface area (Å²) in [6, 6.07) is 7.91. The zero-order valence-electron chi connectivity index (χ0n) is 11.1. The lowest BCUT2D eigenvalue weighted by Crippen LogP contribution is -2.13. The van der Waals surface area contributed by atoms with E-state index in [4.69, 9.17) is 5.11 Å². The van der Waals surface area contributed by atoms with Crippen LogP contribution in [0.5, 0.6) is 11.5 Å². The second-order valence-corrected chi connectivity index (χ2v) is 4.49. The number of benzene rings is 2. The summed E-state index contributed by atoms with van der Waals surface area (Å²) in [7, 11) is 0. The number of amides is 1. The van der Waals surface area contributed by atoms with Crippen LogP contribution in [0.1, 0.15) is 26.3 Å². The molecule has 0 atom stereocenters. The molecule has 108 valence electrons. The molecule has 0 spiro atoms. The van der Waals surface area contributed by atoms with E-state index in [9.17, 15) is 19.8 Å². The molecule has 0 aliphatic carbocycles. The van der Waals surface area contributed by atoms with Gasteiger partial charge in [0.1, 0.15) is 11.5 Å². The van der Waals surface area contributed by atoms with Crippen molar-refractivity contribution in [3.8, 4) is 11.5 Å². The summed E-state index contributed by atoms with van der Waals surface area (Å²) in [5.41, 5.74) is 0.932. The first-order valence-corrected chi connectivity index (χ1v) is 6.06. The number of hydrogen-bond donors (Lipinski definition) is 4. The Morgan fingerprint density at radius 1 is 1.05 bits per heavy atom. The third-order valence-corrected chi connectivity index (χ3v) is 2.96. The van der Waals surface area contributed by atoms with Crippen molar-refractivity contribution in [2.24, 2.45) is 0 Å². The van der Waals surface area contributed by atoms with E-state index in [0.717, 1.165) is 6.07 Å². The lowest BCUT2D eigenvalue weighted by atomic mass is 10.1. The Kier molecular flexibility index (Phi) is 3.80. The molecule has 6 nitrogen and oxygen atoms in total. The first kappa shape index (κ1) is 14.4. The Hall–Kier alpha value is -3.02. The molecular weight excluding hydrogens is 274 g/mol. The fourth-order valence-electron chi connectivity index (χ4n) is 1.79. The van der Waals surface area contributed by atoms with Crippen LogP contribution in [0, 0.1) is 6.92 Å². The topological polar surface area (TPSA) is 107 Å². The number of carbonyl (C=O) groups is 2. The molecule has 0 heterocycles. The highest BCUT2D eigenvalue weighted by molar-refractivity contribution is 6.07. The number of carboxylic acid groups (broad SMARTS) is 1. The number of phenols is 2. The monoisotopic (exact) mass is 287 g/mol. The predicted molar refractivity (Wildman–Crippen MR) is 75.9 cm³/mol. The van der Waals surface area contributed by atoms with E-state index in [2.05, 4.69) is 5.32 Å². The third-order valence-electron chi connectivity index (χ3n) is 2.96. The molecular formula is C15H13NO5. The lowest BCUT2D eigenvalue weighted by molar-refractivity contribution is 0.0696. The van der Waals surface area contributed by atoms with Gasteiger partial charge in [0.15, 0.2) is 0 Å². The summed E-state index contributed by atoms with van der Waals surface area (Å²) in [5.74, 6) is -2.19. The van der Waals surface area contributed by atoms with Crippen molar-refractivity contribution in [1.82, 2.24) is 0 Å². The van der Waals surface area contributed by atoms with E-state index < -0.39 is 11.9 Å². The number of anilines is 1. The van der Waals surface area contributed by atoms with Crippen LogP contribution in [-0.4, -0.2) is 27.2 Å². The first-order chi connectivity index (χ1) is 9.88. The summed E-state index contributed by atoms with van der Waals surface area (Å²) < 4.78 is 0. The summed E-state index contributed by atoms with van der Waals surface area (Å²) in [6.45, 7) is 1.71. The van der Waals surface area contributed by atoms with Crippen LogP contribution in [0.25, 0.3) is 0 Å². The Balaban J connectivity index is 2.33. The van der Waals surface area contributed by atoms with E-state index >= 15 is 0 Å². The van der Waals surface area contributed by atoms with Gasteiger partial charge in [0.25, 0.3) is 5.91 Å². The van der Waals surface area contributed by atoms with Crippen molar-refractivity contribution in [2.45, 2.75) is 6.92 Å². The number of carbonyl (C=O) groups excluding carboxylic acids is 1. The molecule has 0 fully saturated rings. The molecule has 21 heavy (non-hydrogen) atoms. The number of rotatable bonds is 3. The van der Waals surface area contributed by atoms with Crippen molar-refractivity contribution in [3.05, 3.63) is 53.1 Å². The molecule has 0 saturated heterocycles. The summed E-state index contributed by atoms with van der Waals surface area (Å²) in [4.78, 5) is 23.0. The van der Waals surface area contributed by atoms with Gasteiger partial charge in [-0.2, -0.15) is 0 Å². The zero-order valence-corrected chi connectivity index (χ0v) is 11.1. The van der Waals surface area contributed by atoms with Gasteiger partial charge in [-0.25, -0.2) is 4.79 Å². The Morgan fingerprint density at radius 3 is 2.43 bits per heavy atom. The van der Waals surface area contributed by atoms with E-state index in [1.54, 1.807) is 13.0 Å². The largest absolute Gasteiger partial charge is 0.508 e. The predicted octanol–water partition coefficient (Wildman–Crippen LogP) is 2.36. The molecule has 0 unspecified atom stereocenters. The van der Waals surface area contributed by atoms with Gasteiger partial charge in [0, 0.05) is 5.69 Å². The minimum absolute atomic E-state index is 0.0380. The minimum Gasteiger partial charge on any atom is -0.508 e. The maximum absolute atomic E-state index is 12.1. The van der Waals surface area contributed by atoms with E-state index in [-0.39, 0.29) is 22.6 Å². The van der Waals surface area contributed by atoms with Gasteiger partial charge in [-0.3, -0.25) is 4.79 Å². The minimum atomic E-state index is -1.11. The van der Waals surface area contributed by atoms with Crippen LogP contribution in [0.15, 0.2) is 36.4 Å². The van der Waals surface area contributed by atoms with Gasteiger partial charge in [0.05, 0.1) is 11.1 Å². The lowest BCUT2D eigenvalue weighted by Gasteiger charge is -2.10. The van der Waals surface area contributed by atoms with Gasteiger partial charge in [-0.15, -0.1) is 0 Å². The van der Waals surface area contributed by atoms with E-state index in [1.807, 2.05) is 0 Å². The molecule has 2 aromatic rings. The van der Waals surface area contributed by atoms with Crippen LogP contribution in [0.3, 0.4) is 0 Å². The van der Waals surface area contributed by atoms with Gasteiger partial charge in [0.2, 0.25) is 0 Å². The molecule has 4 N–H and O–H groups in total. The van der Waals surface area contributed by atoms with Crippen molar-refractivity contribution in [1.29, 1.82) is 0 Å². The van der Waals surface area contributed by atoms with Crippen LogP contribution in [0.4, 0.5) is 5.69 Å².